The van der Waals surface area contributed by atoms with Crippen molar-refractivity contribution in [2.75, 3.05) is 13.1 Å². The van der Waals surface area contributed by atoms with Gasteiger partial charge >= 0.3 is 0 Å². The van der Waals surface area contributed by atoms with Crippen molar-refractivity contribution >= 4 is 59.1 Å². The number of pyridine rings is 1. The number of thioether (sulfide) groups is 1. The van der Waals surface area contributed by atoms with Crippen LogP contribution in [0.4, 0.5) is 0 Å². The molecule has 3 aromatic rings. The van der Waals surface area contributed by atoms with Crippen LogP contribution in [0.2, 0.25) is 5.02 Å². The first kappa shape index (κ1) is 22.3. The molecular formula is C21H23Cl3N2S. The second-order valence-electron chi connectivity index (χ2n) is 6.56. The van der Waals surface area contributed by atoms with E-state index in [9.17, 15) is 0 Å². The first-order chi connectivity index (χ1) is 12.3. The fraction of sp³-hybridized carbons (Fsp3) is 0.286. The molecule has 0 radical (unpaired) electrons. The summed E-state index contributed by atoms with van der Waals surface area (Å²) in [5.74, 6) is 0. The number of likely N-dealkylation sites (tertiary alicyclic amines) is 1. The van der Waals surface area contributed by atoms with Crippen LogP contribution >= 0.6 is 48.2 Å². The maximum Gasteiger partial charge on any atom is 0.0970 e. The summed E-state index contributed by atoms with van der Waals surface area (Å²) in [6.07, 6.45) is 2.43. The number of nitrogens with zero attached hydrogens (tertiary/aromatic N) is 2. The summed E-state index contributed by atoms with van der Waals surface area (Å²) in [6.45, 7) is 3.31. The Kier molecular flexibility index (Phi) is 8.71. The van der Waals surface area contributed by atoms with Crippen molar-refractivity contribution in [2.24, 2.45) is 0 Å². The topological polar surface area (TPSA) is 16.1 Å². The lowest BCUT2D eigenvalue weighted by Crippen LogP contribution is -2.34. The van der Waals surface area contributed by atoms with E-state index in [4.69, 9.17) is 16.6 Å². The van der Waals surface area contributed by atoms with Gasteiger partial charge in [-0.05, 0) is 55.8 Å². The van der Waals surface area contributed by atoms with Gasteiger partial charge in [0.15, 0.2) is 0 Å². The number of fused-ring (bicyclic) bond motifs is 1. The van der Waals surface area contributed by atoms with Crippen LogP contribution in [0, 0.1) is 0 Å². The van der Waals surface area contributed by atoms with Crippen molar-refractivity contribution in [2.45, 2.75) is 29.7 Å². The summed E-state index contributed by atoms with van der Waals surface area (Å²) >= 11 is 7.90. The molecule has 1 fully saturated rings. The number of para-hydroxylation sites is 1. The minimum Gasteiger partial charge on any atom is -0.299 e. The van der Waals surface area contributed by atoms with Crippen LogP contribution in [0.25, 0.3) is 10.9 Å². The van der Waals surface area contributed by atoms with Crippen LogP contribution in [0.5, 0.6) is 0 Å². The predicted molar refractivity (Wildman–Crippen MR) is 122 cm³/mol. The van der Waals surface area contributed by atoms with Crippen molar-refractivity contribution in [1.82, 2.24) is 9.88 Å². The number of piperidine rings is 1. The Labute approximate surface area is 182 Å². The second-order valence-corrected chi connectivity index (χ2v) is 8.32. The summed E-state index contributed by atoms with van der Waals surface area (Å²) in [7, 11) is 0. The smallest absolute Gasteiger partial charge is 0.0970 e. The van der Waals surface area contributed by atoms with E-state index in [2.05, 4.69) is 53.4 Å². The van der Waals surface area contributed by atoms with E-state index in [1.807, 2.05) is 23.9 Å². The average Bonchev–Trinajstić information content (AvgIpc) is 2.65. The lowest BCUT2D eigenvalue weighted by atomic mass is 10.1. The quantitative estimate of drug-likeness (QED) is 0.460. The molecule has 0 atom stereocenters. The van der Waals surface area contributed by atoms with Crippen molar-refractivity contribution < 1.29 is 0 Å². The van der Waals surface area contributed by atoms with Crippen LogP contribution in [0.15, 0.2) is 65.7 Å². The SMILES string of the molecule is Cl.Cl.Clc1ccc(CN2CCC(Sc3ccc4ccccc4n3)CC2)cc1. The molecule has 4 rings (SSSR count). The zero-order chi connectivity index (χ0) is 17.1. The molecule has 1 aromatic heterocycles. The zero-order valence-electron chi connectivity index (χ0n) is 14.9. The summed E-state index contributed by atoms with van der Waals surface area (Å²) in [5, 5.41) is 3.83. The predicted octanol–water partition coefficient (Wildman–Crippen LogP) is 6.49. The van der Waals surface area contributed by atoms with E-state index in [-0.39, 0.29) is 24.8 Å². The zero-order valence-corrected chi connectivity index (χ0v) is 18.1. The maximum atomic E-state index is 5.96. The number of rotatable bonds is 4. The second kappa shape index (κ2) is 10.5. The van der Waals surface area contributed by atoms with Gasteiger partial charge in [0.1, 0.15) is 0 Å². The number of benzene rings is 2. The lowest BCUT2D eigenvalue weighted by molar-refractivity contribution is 0.225. The van der Waals surface area contributed by atoms with Crippen LogP contribution in [-0.4, -0.2) is 28.2 Å². The van der Waals surface area contributed by atoms with Crippen LogP contribution in [0.1, 0.15) is 18.4 Å². The van der Waals surface area contributed by atoms with Gasteiger partial charge in [-0.2, -0.15) is 0 Å². The standard InChI is InChI=1S/C21H21ClN2S.2ClH/c22-18-8-5-16(6-9-18)15-24-13-11-19(12-14-24)25-21-10-7-17-3-1-2-4-20(17)23-21;;/h1-10,19H,11-15H2;2*1H. The lowest BCUT2D eigenvalue weighted by Gasteiger charge is -2.31. The Hall–Kier alpha value is -0.970. The molecule has 0 amide bonds. The third-order valence-corrected chi connectivity index (χ3v) is 6.24. The molecule has 27 heavy (non-hydrogen) atoms. The number of hydrogen-bond acceptors (Lipinski definition) is 3. The molecule has 0 unspecified atom stereocenters. The summed E-state index contributed by atoms with van der Waals surface area (Å²) in [6, 6.07) is 20.9. The molecule has 2 aromatic carbocycles. The third-order valence-electron chi connectivity index (χ3n) is 4.71. The molecule has 0 N–H and O–H groups in total. The van der Waals surface area contributed by atoms with Gasteiger partial charge in [-0.1, -0.05) is 48.0 Å². The van der Waals surface area contributed by atoms with Crippen molar-refractivity contribution in [3.05, 3.63) is 71.2 Å². The highest BCUT2D eigenvalue weighted by Gasteiger charge is 2.20. The van der Waals surface area contributed by atoms with Crippen molar-refractivity contribution in [3.8, 4) is 0 Å². The molecule has 6 heteroatoms. The maximum absolute atomic E-state index is 5.96. The Morgan fingerprint density at radius 1 is 0.926 bits per heavy atom. The summed E-state index contributed by atoms with van der Waals surface area (Å²) < 4.78 is 0. The van der Waals surface area contributed by atoms with E-state index >= 15 is 0 Å². The molecule has 2 nitrogen and oxygen atoms in total. The normalized spacial score (nSPS) is 15.1. The Balaban J connectivity index is 0.00000131. The molecule has 1 aliphatic heterocycles. The highest BCUT2D eigenvalue weighted by atomic mass is 35.5. The van der Waals surface area contributed by atoms with E-state index in [1.165, 1.54) is 23.8 Å². The molecule has 1 saturated heterocycles. The summed E-state index contributed by atoms with van der Waals surface area (Å²) in [5.41, 5.74) is 2.43. The van der Waals surface area contributed by atoms with Gasteiger partial charge in [-0.25, -0.2) is 4.98 Å². The Bertz CT molecular complexity index is 849. The van der Waals surface area contributed by atoms with Crippen LogP contribution in [-0.2, 0) is 6.54 Å². The first-order valence-corrected chi connectivity index (χ1v) is 10.0. The Morgan fingerprint density at radius 3 is 2.37 bits per heavy atom. The van der Waals surface area contributed by atoms with E-state index in [0.717, 1.165) is 35.2 Å². The minimum atomic E-state index is 0. The third kappa shape index (κ3) is 6.00. The highest BCUT2D eigenvalue weighted by molar-refractivity contribution is 7.99. The van der Waals surface area contributed by atoms with Crippen molar-refractivity contribution in [1.29, 1.82) is 0 Å². The monoisotopic (exact) mass is 440 g/mol. The highest BCUT2D eigenvalue weighted by Crippen LogP contribution is 2.30. The fourth-order valence-electron chi connectivity index (χ4n) is 3.32. The van der Waals surface area contributed by atoms with E-state index < -0.39 is 0 Å². The van der Waals surface area contributed by atoms with Crippen LogP contribution < -0.4 is 0 Å². The number of hydrogen-bond donors (Lipinski definition) is 0. The summed E-state index contributed by atoms with van der Waals surface area (Å²) in [4.78, 5) is 7.34. The molecular weight excluding hydrogens is 419 g/mol. The molecule has 0 bridgehead atoms. The van der Waals surface area contributed by atoms with Gasteiger partial charge in [-0.3, -0.25) is 4.90 Å². The largest absolute Gasteiger partial charge is 0.299 e. The van der Waals surface area contributed by atoms with Gasteiger partial charge in [0.05, 0.1) is 10.5 Å². The van der Waals surface area contributed by atoms with Gasteiger partial charge in [0.2, 0.25) is 0 Å². The molecule has 2 heterocycles. The van der Waals surface area contributed by atoms with Crippen LogP contribution in [0.3, 0.4) is 0 Å². The van der Waals surface area contributed by atoms with Gasteiger partial charge in [0.25, 0.3) is 0 Å². The fourth-order valence-corrected chi connectivity index (χ4v) is 4.53. The molecule has 144 valence electrons. The first-order valence-electron chi connectivity index (χ1n) is 8.75. The van der Waals surface area contributed by atoms with Crippen molar-refractivity contribution in [3.63, 3.8) is 0 Å². The Morgan fingerprint density at radius 2 is 1.63 bits per heavy atom. The minimum absolute atomic E-state index is 0. The average molecular weight is 442 g/mol. The molecule has 1 aliphatic rings. The molecule has 0 saturated carbocycles. The van der Waals surface area contributed by atoms with E-state index in [1.54, 1.807) is 0 Å². The number of aromatic nitrogens is 1. The van der Waals surface area contributed by atoms with Gasteiger partial charge in [0, 0.05) is 22.2 Å². The van der Waals surface area contributed by atoms with E-state index in [0.29, 0.717) is 5.25 Å². The molecule has 0 aliphatic carbocycles. The molecule has 0 spiro atoms. The van der Waals surface area contributed by atoms with Gasteiger partial charge in [-0.15, -0.1) is 36.6 Å². The van der Waals surface area contributed by atoms with Gasteiger partial charge < -0.3 is 0 Å². The number of halogens is 3.